The second kappa shape index (κ2) is 6.73. The Morgan fingerprint density at radius 1 is 1.52 bits per heavy atom. The normalized spacial score (nSPS) is 10.9. The third kappa shape index (κ3) is 3.12. The van der Waals surface area contributed by atoms with Gasteiger partial charge in [0.15, 0.2) is 31.1 Å². The van der Waals surface area contributed by atoms with Crippen molar-refractivity contribution < 1.29 is 13.9 Å². The highest BCUT2D eigenvalue weighted by molar-refractivity contribution is 8.00. The SMILES string of the molecule is CCn1c(Sc2nc(Cl)c(C(=O)OC)s2)nnc1-c1ccco1. The molecule has 0 spiro atoms. The van der Waals surface area contributed by atoms with Gasteiger partial charge in [-0.3, -0.25) is 4.57 Å². The van der Waals surface area contributed by atoms with Crippen molar-refractivity contribution in [1.82, 2.24) is 19.7 Å². The third-order valence-electron chi connectivity index (χ3n) is 2.89. The summed E-state index contributed by atoms with van der Waals surface area (Å²) in [6.07, 6.45) is 1.58. The van der Waals surface area contributed by atoms with Gasteiger partial charge in [0, 0.05) is 6.54 Å². The first-order valence-corrected chi connectivity index (χ1v) is 8.54. The van der Waals surface area contributed by atoms with Gasteiger partial charge in [0.25, 0.3) is 0 Å². The first-order valence-electron chi connectivity index (χ1n) is 6.53. The van der Waals surface area contributed by atoms with Crippen LogP contribution in [0.2, 0.25) is 5.15 Å². The number of hydrogen-bond donors (Lipinski definition) is 0. The number of aromatic nitrogens is 4. The fourth-order valence-corrected chi connectivity index (χ4v) is 4.19. The van der Waals surface area contributed by atoms with E-state index in [9.17, 15) is 4.79 Å². The van der Waals surface area contributed by atoms with E-state index in [4.69, 9.17) is 16.0 Å². The summed E-state index contributed by atoms with van der Waals surface area (Å²) in [4.78, 5) is 16.0. The lowest BCUT2D eigenvalue weighted by Crippen LogP contribution is -1.98. The first kappa shape index (κ1) is 16.0. The monoisotopic (exact) mass is 370 g/mol. The van der Waals surface area contributed by atoms with E-state index >= 15 is 0 Å². The molecule has 0 aliphatic heterocycles. The van der Waals surface area contributed by atoms with Crippen molar-refractivity contribution in [1.29, 1.82) is 0 Å². The number of furan rings is 1. The van der Waals surface area contributed by atoms with Crippen LogP contribution in [0.15, 0.2) is 32.3 Å². The van der Waals surface area contributed by atoms with Crippen LogP contribution in [-0.2, 0) is 11.3 Å². The van der Waals surface area contributed by atoms with E-state index in [2.05, 4.69) is 19.9 Å². The van der Waals surface area contributed by atoms with Gasteiger partial charge in [-0.15, -0.1) is 10.2 Å². The van der Waals surface area contributed by atoms with E-state index in [0.29, 0.717) is 27.6 Å². The van der Waals surface area contributed by atoms with Crippen molar-refractivity contribution in [2.45, 2.75) is 23.0 Å². The standard InChI is InChI=1S/C13H11ClN4O3S2/c1-3-18-10(7-5-4-6-21-7)16-17-12(18)23-13-15-9(14)8(22-13)11(19)20-2/h4-6H,3H2,1-2H3. The lowest BCUT2D eigenvalue weighted by Gasteiger charge is -2.03. The molecule has 0 unspecified atom stereocenters. The zero-order valence-electron chi connectivity index (χ0n) is 12.1. The van der Waals surface area contributed by atoms with E-state index < -0.39 is 5.97 Å². The highest BCUT2D eigenvalue weighted by atomic mass is 35.5. The van der Waals surface area contributed by atoms with E-state index in [1.165, 1.54) is 18.9 Å². The molecular formula is C13H11ClN4O3S2. The molecule has 3 rings (SSSR count). The molecule has 0 aromatic carbocycles. The molecule has 10 heteroatoms. The molecule has 0 amide bonds. The number of hydrogen-bond acceptors (Lipinski definition) is 8. The number of nitrogens with zero attached hydrogens (tertiary/aromatic N) is 4. The van der Waals surface area contributed by atoms with Crippen molar-refractivity contribution in [2.75, 3.05) is 7.11 Å². The minimum atomic E-state index is -0.507. The van der Waals surface area contributed by atoms with E-state index in [1.54, 1.807) is 12.3 Å². The second-order valence-corrected chi connectivity index (χ2v) is 6.79. The lowest BCUT2D eigenvalue weighted by molar-refractivity contribution is 0.0606. The molecule has 0 saturated heterocycles. The molecular weight excluding hydrogens is 360 g/mol. The zero-order valence-corrected chi connectivity index (χ0v) is 14.5. The van der Waals surface area contributed by atoms with Crippen LogP contribution in [0.4, 0.5) is 0 Å². The number of rotatable bonds is 5. The van der Waals surface area contributed by atoms with Crippen LogP contribution < -0.4 is 0 Å². The maximum absolute atomic E-state index is 11.6. The molecule has 0 atom stereocenters. The molecule has 0 fully saturated rings. The Labute approximate surface area is 144 Å². The van der Waals surface area contributed by atoms with Crippen LogP contribution >= 0.6 is 34.7 Å². The average molecular weight is 371 g/mol. The number of ether oxygens (including phenoxy) is 1. The van der Waals surface area contributed by atoms with Gasteiger partial charge in [-0.05, 0) is 30.8 Å². The highest BCUT2D eigenvalue weighted by Crippen LogP contribution is 2.35. The number of thiazole rings is 1. The fourth-order valence-electron chi connectivity index (χ4n) is 1.86. The van der Waals surface area contributed by atoms with Crippen LogP contribution in [-0.4, -0.2) is 32.8 Å². The Hall–Kier alpha value is -1.84. The lowest BCUT2D eigenvalue weighted by atomic mass is 10.4. The Morgan fingerprint density at radius 3 is 3.00 bits per heavy atom. The van der Waals surface area contributed by atoms with Gasteiger partial charge in [0.05, 0.1) is 13.4 Å². The van der Waals surface area contributed by atoms with Gasteiger partial charge >= 0.3 is 5.97 Å². The molecule has 0 N–H and O–H groups in total. The van der Waals surface area contributed by atoms with Gasteiger partial charge in [0.2, 0.25) is 0 Å². The second-order valence-electron chi connectivity index (χ2n) is 4.22. The molecule has 0 radical (unpaired) electrons. The molecule has 0 bridgehead atoms. The van der Waals surface area contributed by atoms with Crippen molar-refractivity contribution in [3.63, 3.8) is 0 Å². The van der Waals surface area contributed by atoms with Gasteiger partial charge in [-0.25, -0.2) is 9.78 Å². The largest absolute Gasteiger partial charge is 0.465 e. The minimum absolute atomic E-state index is 0.123. The number of esters is 1. The molecule has 7 nitrogen and oxygen atoms in total. The molecule has 0 aliphatic carbocycles. The molecule has 0 saturated carbocycles. The Kier molecular flexibility index (Phi) is 4.69. The number of carbonyl (C=O) groups is 1. The summed E-state index contributed by atoms with van der Waals surface area (Å²) in [7, 11) is 1.30. The molecule has 0 aliphatic rings. The first-order chi connectivity index (χ1) is 11.1. The van der Waals surface area contributed by atoms with Gasteiger partial charge < -0.3 is 9.15 Å². The van der Waals surface area contributed by atoms with Crippen LogP contribution in [0.3, 0.4) is 0 Å². The van der Waals surface area contributed by atoms with Crippen LogP contribution in [0.5, 0.6) is 0 Å². The Bertz CT molecular complexity index is 829. The predicted octanol–water partition coefficient (Wildman–Crippen LogP) is 3.61. The molecule has 3 aromatic rings. The van der Waals surface area contributed by atoms with Crippen LogP contribution in [0.1, 0.15) is 16.6 Å². The number of halogens is 1. The molecule has 3 heterocycles. The quantitative estimate of drug-likeness (QED) is 0.634. The summed E-state index contributed by atoms with van der Waals surface area (Å²) in [5.41, 5.74) is 0. The number of carbonyl (C=O) groups excluding carboxylic acids is 1. The third-order valence-corrected chi connectivity index (χ3v) is 5.36. The maximum atomic E-state index is 11.6. The molecule has 23 heavy (non-hydrogen) atoms. The van der Waals surface area contributed by atoms with Crippen molar-refractivity contribution in [3.05, 3.63) is 28.4 Å². The topological polar surface area (TPSA) is 83.0 Å². The summed E-state index contributed by atoms with van der Waals surface area (Å²) in [5, 5.41) is 9.09. The van der Waals surface area contributed by atoms with Gasteiger partial charge in [-0.1, -0.05) is 22.9 Å². The summed E-state index contributed by atoms with van der Waals surface area (Å²) in [5.74, 6) is 0.766. The van der Waals surface area contributed by atoms with Crippen molar-refractivity contribution >= 4 is 40.7 Å². The van der Waals surface area contributed by atoms with Crippen molar-refractivity contribution in [3.8, 4) is 11.6 Å². The van der Waals surface area contributed by atoms with Crippen molar-refractivity contribution in [2.24, 2.45) is 0 Å². The summed E-state index contributed by atoms with van der Waals surface area (Å²) >= 11 is 8.41. The highest BCUT2D eigenvalue weighted by Gasteiger charge is 2.21. The van der Waals surface area contributed by atoms with E-state index in [0.717, 1.165) is 11.3 Å². The smallest absolute Gasteiger partial charge is 0.351 e. The Balaban J connectivity index is 1.91. The Morgan fingerprint density at radius 2 is 2.35 bits per heavy atom. The summed E-state index contributed by atoms with van der Waals surface area (Å²) < 4.78 is 12.5. The van der Waals surface area contributed by atoms with E-state index in [1.807, 2.05) is 17.6 Å². The van der Waals surface area contributed by atoms with Crippen LogP contribution in [0, 0.1) is 0 Å². The zero-order chi connectivity index (χ0) is 16.4. The van der Waals surface area contributed by atoms with Gasteiger partial charge in [-0.2, -0.15) is 0 Å². The summed E-state index contributed by atoms with van der Waals surface area (Å²) in [6.45, 7) is 2.64. The van der Waals surface area contributed by atoms with Crippen LogP contribution in [0.25, 0.3) is 11.6 Å². The summed E-state index contributed by atoms with van der Waals surface area (Å²) in [6, 6.07) is 3.61. The number of methoxy groups -OCH3 is 1. The fraction of sp³-hybridized carbons (Fsp3) is 0.231. The maximum Gasteiger partial charge on any atom is 0.351 e. The predicted molar refractivity (Wildman–Crippen MR) is 86.0 cm³/mol. The molecule has 3 aromatic heterocycles. The molecule has 120 valence electrons. The average Bonchev–Trinajstić information content (AvgIpc) is 3.26. The minimum Gasteiger partial charge on any atom is -0.465 e. The van der Waals surface area contributed by atoms with Gasteiger partial charge in [0.1, 0.15) is 0 Å². The van der Waals surface area contributed by atoms with E-state index in [-0.39, 0.29) is 10.0 Å².